The van der Waals surface area contributed by atoms with Crippen LogP contribution in [0.2, 0.25) is 0 Å². The molecule has 4 N–H and O–H groups in total. The first kappa shape index (κ1) is 16.8. The number of hydrogen-bond donors (Lipinski definition) is 3. The van der Waals surface area contributed by atoms with Crippen LogP contribution < -0.4 is 11.1 Å². The molecule has 2 atom stereocenters. The van der Waals surface area contributed by atoms with E-state index in [1.54, 1.807) is 0 Å². The summed E-state index contributed by atoms with van der Waals surface area (Å²) >= 11 is 0. The van der Waals surface area contributed by atoms with Gasteiger partial charge in [-0.25, -0.2) is 0 Å². The van der Waals surface area contributed by atoms with Crippen molar-refractivity contribution in [1.29, 1.82) is 0 Å². The molecule has 7 rings (SSSR count). The Balaban J connectivity index is 1.81. The minimum Gasteiger partial charge on any atom is -0.353 e. The van der Waals surface area contributed by atoms with Gasteiger partial charge in [0, 0.05) is 38.6 Å². The van der Waals surface area contributed by atoms with Crippen molar-refractivity contribution in [2.75, 3.05) is 0 Å². The van der Waals surface area contributed by atoms with Crippen LogP contribution in [0.4, 0.5) is 0 Å². The van der Waals surface area contributed by atoms with Crippen LogP contribution in [-0.2, 0) is 0 Å². The number of nitrogens with zero attached hydrogens (tertiary/aromatic N) is 1. The van der Waals surface area contributed by atoms with E-state index in [0.717, 1.165) is 50.0 Å². The number of aromatic amines is 1. The minimum atomic E-state index is -0.337. The second kappa shape index (κ2) is 5.62. The molecule has 0 saturated carbocycles. The Hall–Kier alpha value is -3.90. The summed E-state index contributed by atoms with van der Waals surface area (Å²) in [4.78, 5) is 29.5. The van der Waals surface area contributed by atoms with Crippen molar-refractivity contribution in [3.63, 3.8) is 0 Å². The summed E-state index contributed by atoms with van der Waals surface area (Å²) in [6, 6.07) is 16.1. The Morgan fingerprint density at radius 1 is 0.871 bits per heavy atom. The molecule has 31 heavy (non-hydrogen) atoms. The van der Waals surface area contributed by atoms with Crippen molar-refractivity contribution in [3.05, 3.63) is 71.8 Å². The number of allylic oxidation sites excluding steroid dienone is 1. The zero-order valence-electron chi connectivity index (χ0n) is 16.5. The lowest BCUT2D eigenvalue weighted by molar-refractivity contribution is 0.0880. The van der Waals surface area contributed by atoms with Crippen LogP contribution in [0.15, 0.2) is 60.7 Å². The van der Waals surface area contributed by atoms with Gasteiger partial charge in [-0.1, -0.05) is 48.6 Å². The highest BCUT2D eigenvalue weighted by Gasteiger charge is 2.36. The van der Waals surface area contributed by atoms with Crippen molar-refractivity contribution in [2.24, 2.45) is 5.73 Å². The van der Waals surface area contributed by atoms with E-state index in [2.05, 4.69) is 27.0 Å². The Kier molecular flexibility index (Phi) is 3.05. The Bertz CT molecular complexity index is 1650. The molecule has 1 aliphatic heterocycles. The van der Waals surface area contributed by atoms with E-state index in [9.17, 15) is 9.59 Å². The lowest BCUT2D eigenvalue weighted by atomic mass is 9.96. The number of para-hydroxylation sites is 2. The van der Waals surface area contributed by atoms with E-state index < -0.39 is 0 Å². The van der Waals surface area contributed by atoms with Gasteiger partial charge < -0.3 is 15.3 Å². The second-order valence-electron chi connectivity index (χ2n) is 8.42. The molecule has 0 bridgehead atoms. The summed E-state index contributed by atoms with van der Waals surface area (Å²) < 4.78 is 2.28. The average molecular weight is 406 g/mol. The van der Waals surface area contributed by atoms with E-state index in [1.807, 2.05) is 48.5 Å². The summed E-state index contributed by atoms with van der Waals surface area (Å²) in [5.74, 6) is -0.671. The molecule has 6 heteroatoms. The smallest absolute Gasteiger partial charge is 0.259 e. The fourth-order valence-corrected chi connectivity index (χ4v) is 5.52. The van der Waals surface area contributed by atoms with Gasteiger partial charge in [0.25, 0.3) is 11.8 Å². The Morgan fingerprint density at radius 2 is 1.58 bits per heavy atom. The predicted molar refractivity (Wildman–Crippen MR) is 121 cm³/mol. The predicted octanol–water partition coefficient (Wildman–Crippen LogP) is 4.14. The molecule has 0 fully saturated rings. The fraction of sp³-hybridized carbons (Fsp3) is 0.120. The number of imide groups is 1. The van der Waals surface area contributed by atoms with E-state index in [1.165, 1.54) is 0 Å². The van der Waals surface area contributed by atoms with E-state index in [4.69, 9.17) is 5.73 Å². The number of carbonyl (C=O) groups is 2. The zero-order valence-corrected chi connectivity index (χ0v) is 16.5. The van der Waals surface area contributed by atoms with Gasteiger partial charge in [0.1, 0.15) is 0 Å². The largest absolute Gasteiger partial charge is 0.353 e. The highest BCUT2D eigenvalue weighted by Crippen LogP contribution is 2.45. The maximum absolute atomic E-state index is 13.0. The molecule has 5 aromatic rings. The number of benzene rings is 3. The Morgan fingerprint density at radius 3 is 2.35 bits per heavy atom. The lowest BCUT2D eigenvalue weighted by Crippen LogP contribution is -2.20. The molecule has 2 aromatic heterocycles. The van der Waals surface area contributed by atoms with Crippen LogP contribution >= 0.6 is 0 Å². The van der Waals surface area contributed by atoms with Gasteiger partial charge in [0.2, 0.25) is 0 Å². The SMILES string of the molecule is N[C@H]1C=CC(n2c3ccccc3c3c4c(c5c6ccccc6[nH]c5c32)C(=O)NC4=O)C1. The van der Waals surface area contributed by atoms with Crippen molar-refractivity contribution in [2.45, 2.75) is 18.5 Å². The topological polar surface area (TPSA) is 92.9 Å². The number of rotatable bonds is 1. The number of hydrogen-bond acceptors (Lipinski definition) is 3. The first-order valence-electron chi connectivity index (χ1n) is 10.4. The molecule has 0 saturated heterocycles. The van der Waals surface area contributed by atoms with Crippen LogP contribution in [0, 0.1) is 0 Å². The number of fused-ring (bicyclic) bond motifs is 10. The fourth-order valence-electron chi connectivity index (χ4n) is 5.52. The van der Waals surface area contributed by atoms with E-state index in [-0.39, 0.29) is 23.9 Å². The van der Waals surface area contributed by atoms with Gasteiger partial charge in [0.05, 0.1) is 28.2 Å². The lowest BCUT2D eigenvalue weighted by Gasteiger charge is -2.16. The van der Waals surface area contributed by atoms with Crippen LogP contribution in [0.3, 0.4) is 0 Å². The Labute approximate surface area is 176 Å². The summed E-state index contributed by atoms with van der Waals surface area (Å²) in [5.41, 5.74) is 10.9. The van der Waals surface area contributed by atoms with Crippen LogP contribution in [-0.4, -0.2) is 27.4 Å². The van der Waals surface area contributed by atoms with Gasteiger partial charge >= 0.3 is 0 Å². The average Bonchev–Trinajstić information content (AvgIpc) is 3.50. The van der Waals surface area contributed by atoms with Crippen molar-refractivity contribution in [1.82, 2.24) is 14.9 Å². The molecule has 0 spiro atoms. The standard InChI is InChI=1S/C25H18N4O2/c26-12-9-10-13(11-12)29-17-8-4-2-6-15(17)19-21-20(24(30)28-25(21)31)18-14-5-1-3-7-16(14)27-22(18)23(19)29/h1-10,12-13,27H,11,26H2,(H,28,30,31)/t12-,13?/m0/s1. The first-order chi connectivity index (χ1) is 15.1. The number of carbonyl (C=O) groups excluding carboxylic acids is 2. The summed E-state index contributed by atoms with van der Waals surface area (Å²) in [7, 11) is 0. The van der Waals surface area contributed by atoms with Gasteiger partial charge in [0.15, 0.2) is 0 Å². The molecular weight excluding hydrogens is 388 g/mol. The summed E-state index contributed by atoms with van der Waals surface area (Å²) in [5, 5.41) is 6.07. The maximum atomic E-state index is 13.0. The van der Waals surface area contributed by atoms with Gasteiger partial charge in [-0.3, -0.25) is 14.9 Å². The molecule has 1 unspecified atom stereocenters. The highest BCUT2D eigenvalue weighted by molar-refractivity contribution is 6.39. The second-order valence-corrected chi connectivity index (χ2v) is 8.42. The maximum Gasteiger partial charge on any atom is 0.259 e. The number of aromatic nitrogens is 2. The molecular formula is C25H18N4O2. The molecule has 3 heterocycles. The number of nitrogens with two attached hydrogens (primary N) is 1. The third kappa shape index (κ3) is 2.00. The number of nitrogens with one attached hydrogen (secondary N) is 2. The minimum absolute atomic E-state index is 0.00118. The van der Waals surface area contributed by atoms with Crippen LogP contribution in [0.1, 0.15) is 33.2 Å². The van der Waals surface area contributed by atoms with Crippen LogP contribution in [0.25, 0.3) is 43.6 Å². The molecule has 0 radical (unpaired) electrons. The van der Waals surface area contributed by atoms with Crippen molar-refractivity contribution < 1.29 is 9.59 Å². The van der Waals surface area contributed by atoms with Crippen molar-refractivity contribution in [3.8, 4) is 0 Å². The molecule has 6 nitrogen and oxygen atoms in total. The normalized spacial score (nSPS) is 20.5. The molecule has 2 aliphatic rings. The first-order valence-corrected chi connectivity index (χ1v) is 10.4. The van der Waals surface area contributed by atoms with Gasteiger partial charge in [-0.05, 0) is 18.6 Å². The van der Waals surface area contributed by atoms with E-state index in [0.29, 0.717) is 11.1 Å². The van der Waals surface area contributed by atoms with Crippen LogP contribution in [0.5, 0.6) is 0 Å². The number of amides is 2. The molecule has 3 aromatic carbocycles. The summed E-state index contributed by atoms with van der Waals surface area (Å²) in [6.07, 6.45) is 4.97. The highest BCUT2D eigenvalue weighted by atomic mass is 16.2. The van der Waals surface area contributed by atoms with Crippen molar-refractivity contribution >= 4 is 55.4 Å². The zero-order chi connectivity index (χ0) is 20.9. The number of H-pyrrole nitrogens is 1. The third-order valence-electron chi connectivity index (χ3n) is 6.71. The third-order valence-corrected chi connectivity index (χ3v) is 6.71. The molecule has 2 amide bonds. The quantitative estimate of drug-likeness (QED) is 0.288. The molecule has 150 valence electrons. The van der Waals surface area contributed by atoms with E-state index >= 15 is 0 Å². The monoisotopic (exact) mass is 406 g/mol. The molecule has 1 aliphatic carbocycles. The van der Waals surface area contributed by atoms with Gasteiger partial charge in [-0.15, -0.1) is 0 Å². The summed E-state index contributed by atoms with van der Waals surface area (Å²) in [6.45, 7) is 0. The van der Waals surface area contributed by atoms with Gasteiger partial charge in [-0.2, -0.15) is 0 Å².